The summed E-state index contributed by atoms with van der Waals surface area (Å²) >= 11 is 0. The molecule has 0 bridgehead atoms. The van der Waals surface area contributed by atoms with E-state index in [1.807, 2.05) is 0 Å². The molecule has 0 radical (unpaired) electrons. The normalized spacial score (nSPS) is 16.8. The first kappa shape index (κ1) is 17.7. The van der Waals surface area contributed by atoms with Crippen molar-refractivity contribution in [1.29, 1.82) is 0 Å². The number of hydrogen-bond donors (Lipinski definition) is 1. The number of ether oxygens (including phenoxy) is 2. The molecule has 1 aliphatic heterocycles. The van der Waals surface area contributed by atoms with Gasteiger partial charge in [-0.15, -0.1) is 0 Å². The third-order valence-electron chi connectivity index (χ3n) is 4.27. The minimum Gasteiger partial charge on any atom is -0.497 e. The lowest BCUT2D eigenvalue weighted by Gasteiger charge is -2.33. The van der Waals surface area contributed by atoms with Gasteiger partial charge in [0, 0.05) is 24.4 Å². The van der Waals surface area contributed by atoms with Crippen LogP contribution in [-0.4, -0.2) is 48.0 Å². The Kier molecular flexibility index (Phi) is 5.36. The van der Waals surface area contributed by atoms with Gasteiger partial charge in [-0.3, -0.25) is 14.6 Å². The van der Waals surface area contributed by atoms with Crippen molar-refractivity contribution in [3.05, 3.63) is 53.9 Å². The van der Waals surface area contributed by atoms with Crippen LogP contribution in [-0.2, 0) is 0 Å². The van der Waals surface area contributed by atoms with Crippen molar-refractivity contribution in [2.45, 2.75) is 18.9 Å². The lowest BCUT2D eigenvalue weighted by atomic mass is 10.1. The Morgan fingerprint density at radius 1 is 1.23 bits per heavy atom. The van der Waals surface area contributed by atoms with Crippen LogP contribution < -0.4 is 15.2 Å². The molecule has 0 spiro atoms. The molecule has 0 saturated carbocycles. The number of primary amides is 1. The van der Waals surface area contributed by atoms with Gasteiger partial charge in [0.05, 0.1) is 13.7 Å². The van der Waals surface area contributed by atoms with Crippen molar-refractivity contribution >= 4 is 11.8 Å². The number of methoxy groups -OCH3 is 1. The van der Waals surface area contributed by atoms with Crippen molar-refractivity contribution in [3.8, 4) is 11.5 Å². The minimum atomic E-state index is -0.603. The summed E-state index contributed by atoms with van der Waals surface area (Å²) in [6.45, 7) is 1.16. The van der Waals surface area contributed by atoms with Gasteiger partial charge in [-0.1, -0.05) is 6.07 Å². The molecule has 1 atom stereocenters. The van der Waals surface area contributed by atoms with Gasteiger partial charge in [0.2, 0.25) is 0 Å². The van der Waals surface area contributed by atoms with Crippen molar-refractivity contribution < 1.29 is 19.1 Å². The van der Waals surface area contributed by atoms with Crippen LogP contribution in [0, 0.1) is 0 Å². The number of nitrogens with two attached hydrogens (primary N) is 1. The molecule has 3 rings (SSSR count). The first-order chi connectivity index (χ1) is 12.6. The van der Waals surface area contributed by atoms with E-state index in [0.717, 1.165) is 12.8 Å². The van der Waals surface area contributed by atoms with Crippen LogP contribution in [0.1, 0.15) is 33.7 Å². The topological polar surface area (TPSA) is 94.8 Å². The molecule has 26 heavy (non-hydrogen) atoms. The van der Waals surface area contributed by atoms with E-state index >= 15 is 0 Å². The van der Waals surface area contributed by atoms with E-state index in [0.29, 0.717) is 30.2 Å². The van der Waals surface area contributed by atoms with Crippen molar-refractivity contribution in [1.82, 2.24) is 9.88 Å². The number of nitrogens with zero attached hydrogens (tertiary/aromatic N) is 2. The highest BCUT2D eigenvalue weighted by Gasteiger charge is 2.26. The zero-order valence-corrected chi connectivity index (χ0v) is 14.6. The average Bonchev–Trinajstić information content (AvgIpc) is 2.68. The average molecular weight is 355 g/mol. The predicted octanol–water partition coefficient (Wildman–Crippen LogP) is 1.87. The molecule has 2 amide bonds. The van der Waals surface area contributed by atoms with Gasteiger partial charge in [0.25, 0.3) is 11.8 Å². The predicted molar refractivity (Wildman–Crippen MR) is 95.3 cm³/mol. The van der Waals surface area contributed by atoms with Gasteiger partial charge < -0.3 is 20.1 Å². The third-order valence-corrected chi connectivity index (χ3v) is 4.27. The zero-order valence-electron chi connectivity index (χ0n) is 14.6. The van der Waals surface area contributed by atoms with E-state index in [-0.39, 0.29) is 17.7 Å². The lowest BCUT2D eigenvalue weighted by molar-refractivity contribution is 0.0537. The molecule has 2 N–H and O–H groups in total. The summed E-state index contributed by atoms with van der Waals surface area (Å²) < 4.78 is 11.1. The van der Waals surface area contributed by atoms with Crippen LogP contribution in [0.4, 0.5) is 0 Å². The van der Waals surface area contributed by atoms with Crippen LogP contribution in [0.5, 0.6) is 11.5 Å². The van der Waals surface area contributed by atoms with Crippen molar-refractivity contribution in [2.75, 3.05) is 20.2 Å². The Balaban J connectivity index is 1.68. The second-order valence-corrected chi connectivity index (χ2v) is 6.11. The quantitative estimate of drug-likeness (QED) is 0.883. The van der Waals surface area contributed by atoms with Crippen LogP contribution in [0.15, 0.2) is 42.6 Å². The first-order valence-corrected chi connectivity index (χ1v) is 8.42. The second kappa shape index (κ2) is 7.86. The van der Waals surface area contributed by atoms with Gasteiger partial charge in [0.1, 0.15) is 23.3 Å². The zero-order chi connectivity index (χ0) is 18.5. The highest BCUT2D eigenvalue weighted by atomic mass is 16.5. The summed E-state index contributed by atoms with van der Waals surface area (Å²) in [5, 5.41) is 0. The molecule has 7 heteroatoms. The van der Waals surface area contributed by atoms with Crippen LogP contribution >= 0.6 is 0 Å². The Bertz CT molecular complexity index is 809. The van der Waals surface area contributed by atoms with Gasteiger partial charge in [-0.05, 0) is 37.1 Å². The Labute approximate surface area is 151 Å². The summed E-state index contributed by atoms with van der Waals surface area (Å²) in [6.07, 6.45) is 3.00. The van der Waals surface area contributed by atoms with E-state index in [9.17, 15) is 9.59 Å². The highest BCUT2D eigenvalue weighted by molar-refractivity contribution is 5.94. The fourth-order valence-electron chi connectivity index (χ4n) is 2.97. The van der Waals surface area contributed by atoms with Crippen molar-refractivity contribution in [2.24, 2.45) is 5.73 Å². The van der Waals surface area contributed by atoms with Gasteiger partial charge in [-0.2, -0.15) is 0 Å². The smallest absolute Gasteiger partial charge is 0.267 e. The number of carbonyl (C=O) groups excluding carboxylic acids is 2. The van der Waals surface area contributed by atoms with Gasteiger partial charge >= 0.3 is 0 Å². The fourth-order valence-corrected chi connectivity index (χ4v) is 2.97. The highest BCUT2D eigenvalue weighted by Crippen LogP contribution is 2.21. The molecule has 1 unspecified atom stereocenters. The molecule has 1 aromatic heterocycles. The number of carbonyl (C=O) groups is 2. The second-order valence-electron chi connectivity index (χ2n) is 6.11. The minimum absolute atomic E-state index is 0.0512. The summed E-state index contributed by atoms with van der Waals surface area (Å²) in [4.78, 5) is 29.7. The molecule has 2 aromatic rings. The maximum atomic E-state index is 12.8. The lowest BCUT2D eigenvalue weighted by Crippen LogP contribution is -2.44. The molecule has 0 aliphatic carbocycles. The Morgan fingerprint density at radius 2 is 2.08 bits per heavy atom. The number of hydrogen-bond acceptors (Lipinski definition) is 5. The summed E-state index contributed by atoms with van der Waals surface area (Å²) in [6, 6.07) is 10.3. The monoisotopic (exact) mass is 355 g/mol. The molecule has 1 aromatic carbocycles. The summed E-state index contributed by atoms with van der Waals surface area (Å²) in [5.74, 6) is 0.518. The van der Waals surface area contributed by atoms with Crippen LogP contribution in [0.3, 0.4) is 0 Å². The van der Waals surface area contributed by atoms with E-state index < -0.39 is 5.91 Å². The third kappa shape index (κ3) is 4.11. The SMILES string of the molecule is COc1cccc(C(=O)N2CCCC(Oc3ccnc(C(N)=O)c3)C2)c1. The van der Waals surface area contributed by atoms with Crippen LogP contribution in [0.25, 0.3) is 0 Å². The Hall–Kier alpha value is -3.09. The molecule has 1 fully saturated rings. The maximum absolute atomic E-state index is 12.8. The van der Waals surface area contributed by atoms with E-state index in [1.54, 1.807) is 42.3 Å². The largest absolute Gasteiger partial charge is 0.497 e. The maximum Gasteiger partial charge on any atom is 0.267 e. The summed E-state index contributed by atoms with van der Waals surface area (Å²) in [5.41, 5.74) is 5.99. The molecule has 2 heterocycles. The van der Waals surface area contributed by atoms with E-state index in [1.165, 1.54) is 12.3 Å². The molecular formula is C19H21N3O4. The van der Waals surface area contributed by atoms with E-state index in [4.69, 9.17) is 15.2 Å². The summed E-state index contributed by atoms with van der Waals surface area (Å²) in [7, 11) is 1.57. The molecule has 1 saturated heterocycles. The first-order valence-electron chi connectivity index (χ1n) is 8.42. The standard InChI is InChI=1S/C19H21N3O4/c1-25-14-5-2-4-13(10-14)19(24)22-9-3-6-16(12-22)26-15-7-8-21-17(11-15)18(20)23/h2,4-5,7-8,10-11,16H,3,6,9,12H2,1H3,(H2,20,23). The van der Waals surface area contributed by atoms with E-state index in [2.05, 4.69) is 4.98 Å². The number of amides is 2. The van der Waals surface area contributed by atoms with Crippen molar-refractivity contribution in [3.63, 3.8) is 0 Å². The number of rotatable bonds is 5. The number of benzene rings is 1. The molecule has 7 nitrogen and oxygen atoms in total. The molecule has 136 valence electrons. The number of likely N-dealkylation sites (tertiary alicyclic amines) is 1. The van der Waals surface area contributed by atoms with Crippen LogP contribution in [0.2, 0.25) is 0 Å². The molecular weight excluding hydrogens is 334 g/mol. The number of piperidine rings is 1. The number of aromatic nitrogens is 1. The molecule has 1 aliphatic rings. The van der Waals surface area contributed by atoms with Gasteiger partial charge in [0.15, 0.2) is 0 Å². The Morgan fingerprint density at radius 3 is 2.85 bits per heavy atom. The van der Waals surface area contributed by atoms with Gasteiger partial charge in [-0.25, -0.2) is 0 Å². The fraction of sp³-hybridized carbons (Fsp3) is 0.316. The number of pyridine rings is 1.